The predicted octanol–water partition coefficient (Wildman–Crippen LogP) is 2.10. The third kappa shape index (κ3) is 1.74. The number of rotatable bonds is 2. The van der Waals surface area contributed by atoms with Crippen LogP contribution in [0, 0.1) is 0 Å². The molecule has 13 heavy (non-hydrogen) atoms. The summed E-state index contributed by atoms with van der Waals surface area (Å²) in [5, 5.41) is 2.40. The van der Waals surface area contributed by atoms with Crippen LogP contribution in [0.3, 0.4) is 0 Å². The van der Waals surface area contributed by atoms with E-state index >= 15 is 0 Å². The van der Waals surface area contributed by atoms with Crippen LogP contribution in [0.15, 0.2) is 42.5 Å². The molecule has 0 nitrogen and oxygen atoms in total. The first kappa shape index (κ1) is 8.73. The van der Waals surface area contributed by atoms with E-state index in [1.165, 1.54) is 10.8 Å². The van der Waals surface area contributed by atoms with Gasteiger partial charge in [-0.3, -0.25) is 0 Å². The van der Waals surface area contributed by atoms with Crippen molar-refractivity contribution >= 4 is 30.2 Å². The summed E-state index contributed by atoms with van der Waals surface area (Å²) in [5.41, 5.74) is -0.221. The van der Waals surface area contributed by atoms with Crippen LogP contribution >= 0.6 is 0 Å². The van der Waals surface area contributed by atoms with Gasteiger partial charge in [-0.15, -0.1) is 0 Å². The minimum atomic E-state index is -0.221. The van der Waals surface area contributed by atoms with Crippen LogP contribution in [0.25, 0.3) is 10.8 Å². The Morgan fingerprint density at radius 2 is 1.77 bits per heavy atom. The van der Waals surface area contributed by atoms with Gasteiger partial charge in [-0.1, -0.05) is 0 Å². The van der Waals surface area contributed by atoms with Crippen molar-refractivity contribution in [1.82, 2.24) is 0 Å². The molecule has 0 unspecified atom stereocenters. The van der Waals surface area contributed by atoms with Gasteiger partial charge in [-0.05, 0) is 0 Å². The van der Waals surface area contributed by atoms with Gasteiger partial charge in [0.2, 0.25) is 0 Å². The number of fused-ring (bicyclic) bond motifs is 1. The normalized spacial score (nSPS) is 10.5. The zero-order chi connectivity index (χ0) is 9.10. The molecule has 2 heteroatoms. The quantitative estimate of drug-likeness (QED) is 0.704. The van der Waals surface area contributed by atoms with E-state index in [1.807, 2.05) is 24.3 Å². The Labute approximate surface area is 82.9 Å². The molecule has 2 rings (SSSR count). The molecule has 0 aliphatic carbocycles. The van der Waals surface area contributed by atoms with E-state index in [4.69, 9.17) is 0 Å². The second-order valence-corrected chi connectivity index (χ2v) is 4.72. The second kappa shape index (κ2) is 3.91. The maximum absolute atomic E-state index is 12.2. The molecule has 0 aliphatic rings. The van der Waals surface area contributed by atoms with E-state index in [9.17, 15) is 4.39 Å². The summed E-state index contributed by atoms with van der Waals surface area (Å²) >= 11 is -0.0269. The van der Waals surface area contributed by atoms with Gasteiger partial charge >= 0.3 is 82.6 Å². The molecule has 0 amide bonds. The molecule has 0 atom stereocenters. The van der Waals surface area contributed by atoms with E-state index in [-0.39, 0.29) is 20.5 Å². The Balaban J connectivity index is 2.61. The number of hydrogen-bond acceptors (Lipinski definition) is 0. The van der Waals surface area contributed by atoms with Crippen molar-refractivity contribution in [3.8, 4) is 0 Å². The van der Waals surface area contributed by atoms with Crippen LogP contribution in [-0.4, -0.2) is 20.5 Å². The molecule has 0 heterocycles. The molecule has 0 bridgehead atoms. The van der Waals surface area contributed by atoms with Gasteiger partial charge in [0, 0.05) is 0 Å². The molecule has 2 aromatic rings. The standard InChI is InChI=1S/C11H9FSe/c12-8-13-11-7-3-5-9-4-1-2-6-10(9)11/h1-7H,8H2. The average Bonchev–Trinajstić information content (AvgIpc) is 2.19. The fourth-order valence-electron chi connectivity index (χ4n) is 1.38. The predicted molar refractivity (Wildman–Crippen MR) is 55.3 cm³/mol. The third-order valence-corrected chi connectivity index (χ3v) is 3.59. The molecular weight excluding hydrogens is 230 g/mol. The summed E-state index contributed by atoms with van der Waals surface area (Å²) in [7, 11) is 0. The summed E-state index contributed by atoms with van der Waals surface area (Å²) < 4.78 is 13.4. The van der Waals surface area contributed by atoms with Gasteiger partial charge in [-0.2, -0.15) is 0 Å². The van der Waals surface area contributed by atoms with Crippen molar-refractivity contribution in [3.63, 3.8) is 0 Å². The molecule has 0 aliphatic heterocycles. The second-order valence-electron chi connectivity index (χ2n) is 2.73. The summed E-state index contributed by atoms with van der Waals surface area (Å²) in [4.78, 5) is 0. The number of benzene rings is 2. The van der Waals surface area contributed by atoms with Gasteiger partial charge in [0.1, 0.15) is 0 Å². The van der Waals surface area contributed by atoms with Gasteiger partial charge in [0.05, 0.1) is 0 Å². The molecular formula is C11H9FSe. The topological polar surface area (TPSA) is 0 Å². The summed E-state index contributed by atoms with van der Waals surface area (Å²) in [6.45, 7) is 0. The van der Waals surface area contributed by atoms with Gasteiger partial charge in [-0.25, -0.2) is 0 Å². The van der Waals surface area contributed by atoms with Crippen molar-refractivity contribution in [2.24, 2.45) is 0 Å². The third-order valence-electron chi connectivity index (χ3n) is 1.96. The van der Waals surface area contributed by atoms with Crippen molar-refractivity contribution < 1.29 is 4.39 Å². The molecule has 0 fully saturated rings. The van der Waals surface area contributed by atoms with E-state index in [0.717, 1.165) is 4.46 Å². The summed E-state index contributed by atoms with van der Waals surface area (Å²) in [5.74, 6) is 0. The van der Waals surface area contributed by atoms with Crippen molar-refractivity contribution in [1.29, 1.82) is 0 Å². The van der Waals surface area contributed by atoms with E-state index in [0.29, 0.717) is 0 Å². The first-order valence-corrected chi connectivity index (χ1v) is 6.15. The zero-order valence-electron chi connectivity index (χ0n) is 7.03. The maximum atomic E-state index is 12.2. The molecule has 0 aromatic heterocycles. The van der Waals surface area contributed by atoms with E-state index in [2.05, 4.69) is 18.2 Å². The Kier molecular flexibility index (Phi) is 2.62. The SMILES string of the molecule is FC[Se]c1cccc2ccccc12. The Bertz CT molecular complexity index is 406. The Hall–Kier alpha value is -0.851. The fraction of sp³-hybridized carbons (Fsp3) is 0.0909. The number of alkyl halides is 1. The average molecular weight is 239 g/mol. The number of halogens is 1. The molecule has 0 radical (unpaired) electrons. The number of hydrogen-bond donors (Lipinski definition) is 0. The van der Waals surface area contributed by atoms with Gasteiger partial charge < -0.3 is 0 Å². The van der Waals surface area contributed by atoms with Crippen LogP contribution < -0.4 is 4.46 Å². The summed E-state index contributed by atoms with van der Waals surface area (Å²) in [6.07, 6.45) is 0. The molecule has 0 N–H and O–H groups in total. The van der Waals surface area contributed by atoms with Crippen LogP contribution in [0.1, 0.15) is 0 Å². The van der Waals surface area contributed by atoms with E-state index in [1.54, 1.807) is 0 Å². The van der Waals surface area contributed by atoms with Crippen molar-refractivity contribution in [2.75, 3.05) is 5.57 Å². The van der Waals surface area contributed by atoms with Crippen LogP contribution in [0.5, 0.6) is 0 Å². The monoisotopic (exact) mass is 240 g/mol. The molecule has 0 saturated heterocycles. The Morgan fingerprint density at radius 1 is 1.00 bits per heavy atom. The Morgan fingerprint density at radius 3 is 2.62 bits per heavy atom. The summed E-state index contributed by atoms with van der Waals surface area (Å²) in [6, 6.07) is 14.2. The van der Waals surface area contributed by atoms with Crippen LogP contribution in [0.4, 0.5) is 4.39 Å². The molecule has 0 saturated carbocycles. The van der Waals surface area contributed by atoms with Crippen LogP contribution in [-0.2, 0) is 0 Å². The first-order chi connectivity index (χ1) is 6.42. The minimum absolute atomic E-state index is 0.0269. The fourth-order valence-corrected chi connectivity index (χ4v) is 2.71. The molecule has 2 aromatic carbocycles. The van der Waals surface area contributed by atoms with Crippen LogP contribution in [0.2, 0.25) is 0 Å². The zero-order valence-corrected chi connectivity index (χ0v) is 8.75. The van der Waals surface area contributed by atoms with Crippen molar-refractivity contribution in [3.05, 3.63) is 42.5 Å². The molecule has 0 spiro atoms. The first-order valence-electron chi connectivity index (χ1n) is 4.08. The van der Waals surface area contributed by atoms with Gasteiger partial charge in [0.15, 0.2) is 0 Å². The van der Waals surface area contributed by atoms with Gasteiger partial charge in [0.25, 0.3) is 0 Å². The molecule has 66 valence electrons. The van der Waals surface area contributed by atoms with E-state index < -0.39 is 0 Å². The van der Waals surface area contributed by atoms with Crippen molar-refractivity contribution in [2.45, 2.75) is 0 Å².